The fourth-order valence-corrected chi connectivity index (χ4v) is 6.15. The first-order chi connectivity index (χ1) is 19.1. The molecular weight excluding hydrogens is 484 g/mol. The normalized spacial score (nSPS) is 12.5. The maximum atomic E-state index is 10.1. The molecule has 0 saturated heterocycles. The van der Waals surface area contributed by atoms with Gasteiger partial charge in [0, 0.05) is 10.8 Å². The van der Waals surface area contributed by atoms with E-state index in [4.69, 9.17) is 0 Å². The van der Waals surface area contributed by atoms with E-state index in [1.807, 2.05) is 0 Å². The van der Waals surface area contributed by atoms with Gasteiger partial charge in [0.1, 0.15) is 0 Å². The Morgan fingerprint density at radius 2 is 0.487 bits per heavy atom. The van der Waals surface area contributed by atoms with Crippen molar-refractivity contribution in [2.45, 2.75) is 187 Å². The maximum absolute atomic E-state index is 10.1. The van der Waals surface area contributed by atoms with Crippen molar-refractivity contribution < 1.29 is 20.4 Å². The van der Waals surface area contributed by atoms with Crippen LogP contribution >= 0.6 is 0 Å². The first-order valence-electron chi connectivity index (χ1n) is 17.5. The molecule has 0 saturated carbocycles. The molecule has 0 aliphatic rings. The van der Waals surface area contributed by atoms with Crippen molar-refractivity contribution in [1.29, 1.82) is 0 Å². The molecular formula is C35H72O4. The van der Waals surface area contributed by atoms with Crippen molar-refractivity contribution in [2.24, 2.45) is 10.8 Å². The van der Waals surface area contributed by atoms with Gasteiger partial charge in [-0.15, -0.1) is 0 Å². The van der Waals surface area contributed by atoms with Gasteiger partial charge in [-0.2, -0.15) is 0 Å². The number of hydrogen-bond acceptors (Lipinski definition) is 4. The van der Waals surface area contributed by atoms with Crippen LogP contribution in [0.25, 0.3) is 0 Å². The molecule has 0 radical (unpaired) electrons. The molecule has 0 aliphatic carbocycles. The number of aliphatic hydroxyl groups is 4. The lowest BCUT2D eigenvalue weighted by atomic mass is 9.74. The van der Waals surface area contributed by atoms with Crippen LogP contribution in [0.3, 0.4) is 0 Å². The minimum Gasteiger partial charge on any atom is -0.396 e. The minimum absolute atomic E-state index is 0.0190. The van der Waals surface area contributed by atoms with E-state index in [1.165, 1.54) is 128 Å². The molecule has 0 aromatic rings. The van der Waals surface area contributed by atoms with Gasteiger partial charge in [-0.25, -0.2) is 0 Å². The summed E-state index contributed by atoms with van der Waals surface area (Å²) in [5.74, 6) is 0. The molecule has 0 aromatic carbocycles. The van der Waals surface area contributed by atoms with Crippen LogP contribution in [-0.4, -0.2) is 46.9 Å². The van der Waals surface area contributed by atoms with Crippen molar-refractivity contribution in [2.75, 3.05) is 26.4 Å². The zero-order chi connectivity index (χ0) is 28.9. The summed E-state index contributed by atoms with van der Waals surface area (Å²) in [6.45, 7) is 4.60. The van der Waals surface area contributed by atoms with Gasteiger partial charge in [0.05, 0.1) is 26.4 Å². The molecule has 0 aromatic heterocycles. The van der Waals surface area contributed by atoms with Crippen molar-refractivity contribution in [1.82, 2.24) is 0 Å². The second-order valence-electron chi connectivity index (χ2n) is 13.1. The highest BCUT2D eigenvalue weighted by Crippen LogP contribution is 2.36. The Balaban J connectivity index is 4.12. The third-order valence-corrected chi connectivity index (χ3v) is 9.38. The Morgan fingerprint density at radius 1 is 0.282 bits per heavy atom. The van der Waals surface area contributed by atoms with E-state index in [9.17, 15) is 20.4 Å². The molecule has 4 heteroatoms. The Hall–Kier alpha value is -0.160. The van der Waals surface area contributed by atoms with E-state index >= 15 is 0 Å². The summed E-state index contributed by atoms with van der Waals surface area (Å²) in [4.78, 5) is 0. The highest BCUT2D eigenvalue weighted by atomic mass is 16.3. The van der Waals surface area contributed by atoms with Crippen LogP contribution in [-0.2, 0) is 0 Å². The average Bonchev–Trinajstić information content (AvgIpc) is 2.97. The Bertz CT molecular complexity index is 431. The number of hydrogen-bond donors (Lipinski definition) is 4. The molecule has 0 unspecified atom stereocenters. The van der Waals surface area contributed by atoms with Crippen molar-refractivity contribution in [3.63, 3.8) is 0 Å². The maximum Gasteiger partial charge on any atom is 0.0509 e. The van der Waals surface area contributed by atoms with Crippen LogP contribution < -0.4 is 0 Å². The van der Waals surface area contributed by atoms with Gasteiger partial charge in [0.25, 0.3) is 0 Å². The fourth-order valence-electron chi connectivity index (χ4n) is 6.15. The first kappa shape index (κ1) is 38.8. The van der Waals surface area contributed by atoms with Crippen LogP contribution in [0, 0.1) is 10.8 Å². The number of unbranched alkanes of at least 4 members (excludes halogenated alkanes) is 20. The Kier molecular flexibility index (Phi) is 27.9. The average molecular weight is 557 g/mol. The third-order valence-electron chi connectivity index (χ3n) is 9.38. The molecule has 0 heterocycles. The van der Waals surface area contributed by atoms with Gasteiger partial charge in [0.15, 0.2) is 0 Å². The highest BCUT2D eigenvalue weighted by Gasteiger charge is 2.32. The molecule has 0 bridgehead atoms. The van der Waals surface area contributed by atoms with Crippen LogP contribution in [0.2, 0.25) is 0 Å². The molecule has 4 nitrogen and oxygen atoms in total. The van der Waals surface area contributed by atoms with Gasteiger partial charge < -0.3 is 20.4 Å². The fraction of sp³-hybridized carbons (Fsp3) is 1.00. The largest absolute Gasteiger partial charge is 0.396 e. The summed E-state index contributed by atoms with van der Waals surface area (Å²) in [5.41, 5.74) is -0.848. The lowest BCUT2D eigenvalue weighted by Crippen LogP contribution is -2.33. The van der Waals surface area contributed by atoms with E-state index in [2.05, 4.69) is 13.8 Å². The minimum atomic E-state index is -0.424. The van der Waals surface area contributed by atoms with Gasteiger partial charge in [-0.3, -0.25) is 0 Å². The smallest absolute Gasteiger partial charge is 0.0509 e. The van der Waals surface area contributed by atoms with E-state index in [0.717, 1.165) is 44.9 Å². The molecule has 0 atom stereocenters. The summed E-state index contributed by atoms with van der Waals surface area (Å²) in [7, 11) is 0. The molecule has 4 N–H and O–H groups in total. The van der Waals surface area contributed by atoms with Crippen LogP contribution in [0.5, 0.6) is 0 Å². The lowest BCUT2D eigenvalue weighted by molar-refractivity contribution is 0.0133. The first-order valence-corrected chi connectivity index (χ1v) is 17.5. The van der Waals surface area contributed by atoms with Gasteiger partial charge >= 0.3 is 0 Å². The summed E-state index contributed by atoms with van der Waals surface area (Å²) in [6, 6.07) is 0. The summed E-state index contributed by atoms with van der Waals surface area (Å²) in [5, 5.41) is 40.6. The predicted molar refractivity (Wildman–Crippen MR) is 169 cm³/mol. The second kappa shape index (κ2) is 28.0. The molecule has 39 heavy (non-hydrogen) atoms. The monoisotopic (exact) mass is 557 g/mol. The molecule has 0 rings (SSSR count). The summed E-state index contributed by atoms with van der Waals surface area (Å²) < 4.78 is 0. The zero-order valence-corrected chi connectivity index (χ0v) is 26.7. The number of rotatable bonds is 32. The van der Waals surface area contributed by atoms with E-state index in [-0.39, 0.29) is 26.4 Å². The lowest BCUT2D eigenvalue weighted by Gasteiger charge is -2.34. The zero-order valence-electron chi connectivity index (χ0n) is 26.7. The van der Waals surface area contributed by atoms with Crippen LogP contribution in [0.1, 0.15) is 187 Å². The quantitative estimate of drug-likeness (QED) is 0.0622. The van der Waals surface area contributed by atoms with Crippen molar-refractivity contribution in [3.05, 3.63) is 0 Å². The van der Waals surface area contributed by atoms with Crippen molar-refractivity contribution >= 4 is 0 Å². The highest BCUT2D eigenvalue weighted by molar-refractivity contribution is 4.82. The predicted octanol–water partition coefficient (Wildman–Crippen LogP) is 9.50. The van der Waals surface area contributed by atoms with E-state index < -0.39 is 10.8 Å². The second-order valence-corrected chi connectivity index (χ2v) is 13.1. The van der Waals surface area contributed by atoms with Crippen LogP contribution in [0.15, 0.2) is 0 Å². The van der Waals surface area contributed by atoms with Gasteiger partial charge in [-0.1, -0.05) is 162 Å². The van der Waals surface area contributed by atoms with Gasteiger partial charge in [0.2, 0.25) is 0 Å². The standard InChI is InChI=1S/C35H72O4/c1-3-5-7-9-11-13-15-17-19-21-23-26-34(30-36,31-37)28-25-29-35(32-38,33-39)27-24-22-20-18-16-14-12-10-8-6-4-2/h36-39H,3-33H2,1-2H3. The van der Waals surface area contributed by atoms with Crippen molar-refractivity contribution in [3.8, 4) is 0 Å². The molecule has 236 valence electrons. The summed E-state index contributed by atoms with van der Waals surface area (Å²) in [6.07, 6.45) is 32.7. The topological polar surface area (TPSA) is 80.9 Å². The molecule has 0 amide bonds. The molecule has 0 aliphatic heterocycles. The van der Waals surface area contributed by atoms with E-state index in [1.54, 1.807) is 0 Å². The van der Waals surface area contributed by atoms with Crippen LogP contribution in [0.4, 0.5) is 0 Å². The number of aliphatic hydroxyl groups excluding tert-OH is 4. The summed E-state index contributed by atoms with van der Waals surface area (Å²) >= 11 is 0. The van der Waals surface area contributed by atoms with E-state index in [0.29, 0.717) is 0 Å². The molecule has 0 fully saturated rings. The van der Waals surface area contributed by atoms with Gasteiger partial charge in [-0.05, 0) is 25.7 Å². The third kappa shape index (κ3) is 21.2. The Morgan fingerprint density at radius 3 is 0.718 bits per heavy atom. The molecule has 0 spiro atoms. The Labute approximate surface area is 244 Å². The SMILES string of the molecule is CCCCCCCCCCCCCC(CO)(CO)CCCC(CO)(CO)CCCCCCCCCCCCC.